The van der Waals surface area contributed by atoms with Gasteiger partial charge in [-0.25, -0.2) is 4.57 Å². The van der Waals surface area contributed by atoms with Crippen LogP contribution in [0.1, 0.15) is 142 Å². The summed E-state index contributed by atoms with van der Waals surface area (Å²) in [4.78, 5) is 41.4. The van der Waals surface area contributed by atoms with Gasteiger partial charge < -0.3 is 19.3 Å². The first kappa shape index (κ1) is 35.0. The number of carbonyl (C=O) groups excluding carboxylic acids is 2. The molecule has 0 radical (unpaired) electrons. The molecule has 0 aromatic heterocycles. The normalized spacial score (nSPS) is 12.4. The largest absolute Gasteiger partial charge is 0.469 e. The van der Waals surface area contributed by atoms with Crippen molar-refractivity contribution >= 4 is 19.8 Å². The highest BCUT2D eigenvalue weighted by molar-refractivity contribution is 7.46. The maximum absolute atomic E-state index is 12.1. The zero-order valence-electron chi connectivity index (χ0n) is 22.9. The Balaban J connectivity index is 3.72. The Morgan fingerprint density at radius 3 is 1.47 bits per heavy atom. The fraction of sp³-hybridized carbons (Fsp3) is 0.926. The van der Waals surface area contributed by atoms with Crippen LogP contribution < -0.4 is 0 Å². The Morgan fingerprint density at radius 2 is 1.06 bits per heavy atom. The molecule has 1 unspecified atom stereocenters. The van der Waals surface area contributed by atoms with Gasteiger partial charge in [0.2, 0.25) is 0 Å². The van der Waals surface area contributed by atoms with E-state index in [0.717, 1.165) is 12.8 Å². The van der Waals surface area contributed by atoms with Crippen molar-refractivity contribution in [2.75, 3.05) is 13.2 Å². The molecule has 0 amide bonds. The van der Waals surface area contributed by atoms with Gasteiger partial charge in [-0.2, -0.15) is 0 Å². The molecule has 0 rings (SSSR count). The van der Waals surface area contributed by atoms with E-state index in [9.17, 15) is 14.2 Å². The Labute approximate surface area is 219 Å². The third kappa shape index (κ3) is 26.1. The molecule has 0 aliphatic rings. The summed E-state index contributed by atoms with van der Waals surface area (Å²) in [5, 5.41) is 0. The second-order valence-corrected chi connectivity index (χ2v) is 11.0. The van der Waals surface area contributed by atoms with Gasteiger partial charge in [-0.3, -0.25) is 14.1 Å². The lowest BCUT2D eigenvalue weighted by atomic mass is 10.0. The number of unbranched alkanes of at least 4 members (excludes halogenated alkanes) is 16. The molecular weight excluding hydrogens is 483 g/mol. The Bertz CT molecular complexity index is 578. The molecule has 0 heterocycles. The van der Waals surface area contributed by atoms with Crippen LogP contribution in [0.5, 0.6) is 0 Å². The summed E-state index contributed by atoms with van der Waals surface area (Å²) in [6.07, 6.45) is 21.4. The van der Waals surface area contributed by atoms with Crippen molar-refractivity contribution < 1.29 is 37.9 Å². The summed E-state index contributed by atoms with van der Waals surface area (Å²) in [7, 11) is -4.71. The molecular formula is C27H53O8P. The maximum atomic E-state index is 12.1. The van der Waals surface area contributed by atoms with Crippen molar-refractivity contribution in [3.8, 4) is 0 Å². The van der Waals surface area contributed by atoms with Crippen molar-refractivity contribution in [1.82, 2.24) is 0 Å². The SMILES string of the molecule is CCCCCCCCCCCCCCCCCCCC(=O)OC(COC(=O)CCC)COP(=O)(O)O. The molecule has 0 aromatic rings. The highest BCUT2D eigenvalue weighted by atomic mass is 31.2. The Hall–Kier alpha value is -0.950. The van der Waals surface area contributed by atoms with Gasteiger partial charge in [0.1, 0.15) is 6.61 Å². The van der Waals surface area contributed by atoms with E-state index in [4.69, 9.17) is 19.3 Å². The number of phosphoric acid groups is 1. The van der Waals surface area contributed by atoms with E-state index < -0.39 is 32.5 Å². The number of phosphoric ester groups is 1. The molecule has 0 bridgehead atoms. The van der Waals surface area contributed by atoms with Crippen LogP contribution in [0.15, 0.2) is 0 Å². The van der Waals surface area contributed by atoms with E-state index in [1.165, 1.54) is 89.9 Å². The van der Waals surface area contributed by atoms with Gasteiger partial charge in [0.25, 0.3) is 0 Å². The second kappa shape index (κ2) is 24.4. The van der Waals surface area contributed by atoms with Crippen molar-refractivity contribution in [1.29, 1.82) is 0 Å². The molecule has 0 saturated heterocycles. The van der Waals surface area contributed by atoms with Crippen LogP contribution in [0.4, 0.5) is 0 Å². The summed E-state index contributed by atoms with van der Waals surface area (Å²) in [5.74, 6) is -0.940. The molecule has 36 heavy (non-hydrogen) atoms. The zero-order valence-corrected chi connectivity index (χ0v) is 23.8. The average molecular weight is 537 g/mol. The summed E-state index contributed by atoms with van der Waals surface area (Å²) in [6.45, 7) is 3.26. The standard InChI is InChI=1S/C27H53O8P/c1-3-5-6-7-8-9-10-11-12-13-14-15-16-17-18-19-20-22-27(29)35-25(24-34-36(30,31)32)23-33-26(28)21-4-2/h25H,3-24H2,1-2H3,(H2,30,31,32). The number of rotatable bonds is 26. The Morgan fingerprint density at radius 1 is 0.611 bits per heavy atom. The smallest absolute Gasteiger partial charge is 0.462 e. The summed E-state index contributed by atoms with van der Waals surface area (Å²) < 4.78 is 25.6. The summed E-state index contributed by atoms with van der Waals surface area (Å²) in [6, 6.07) is 0. The fourth-order valence-electron chi connectivity index (χ4n) is 4.00. The second-order valence-electron chi connectivity index (χ2n) is 9.74. The predicted molar refractivity (Wildman–Crippen MR) is 143 cm³/mol. The third-order valence-corrected chi connectivity index (χ3v) is 6.58. The van der Waals surface area contributed by atoms with Crippen LogP contribution >= 0.6 is 7.82 Å². The van der Waals surface area contributed by atoms with Gasteiger partial charge in [0, 0.05) is 12.8 Å². The molecule has 9 heteroatoms. The van der Waals surface area contributed by atoms with Crippen molar-refractivity contribution in [2.45, 2.75) is 148 Å². The molecule has 2 N–H and O–H groups in total. The van der Waals surface area contributed by atoms with E-state index in [1.54, 1.807) is 0 Å². The molecule has 0 aliphatic carbocycles. The third-order valence-electron chi connectivity index (χ3n) is 6.10. The van der Waals surface area contributed by atoms with Crippen LogP contribution in [-0.4, -0.2) is 41.0 Å². The molecule has 214 valence electrons. The van der Waals surface area contributed by atoms with E-state index in [2.05, 4.69) is 11.4 Å². The van der Waals surface area contributed by atoms with E-state index in [0.29, 0.717) is 12.8 Å². The lowest BCUT2D eigenvalue weighted by molar-refractivity contribution is -0.161. The number of ether oxygens (including phenoxy) is 2. The maximum Gasteiger partial charge on any atom is 0.469 e. The first-order chi connectivity index (χ1) is 17.3. The van der Waals surface area contributed by atoms with Gasteiger partial charge in [-0.1, -0.05) is 117 Å². The minimum atomic E-state index is -4.71. The summed E-state index contributed by atoms with van der Waals surface area (Å²) in [5.41, 5.74) is 0. The zero-order chi connectivity index (χ0) is 26.9. The van der Waals surface area contributed by atoms with Crippen molar-refractivity contribution in [3.63, 3.8) is 0 Å². The quantitative estimate of drug-likeness (QED) is 0.0667. The highest BCUT2D eigenvalue weighted by Crippen LogP contribution is 2.35. The molecule has 1 atom stereocenters. The average Bonchev–Trinajstić information content (AvgIpc) is 2.82. The van der Waals surface area contributed by atoms with Gasteiger partial charge >= 0.3 is 19.8 Å². The number of hydrogen-bond donors (Lipinski definition) is 2. The van der Waals surface area contributed by atoms with Gasteiger partial charge in [0.15, 0.2) is 6.10 Å². The Kier molecular flexibility index (Phi) is 23.7. The minimum absolute atomic E-state index is 0.216. The first-order valence-corrected chi connectivity index (χ1v) is 15.9. The minimum Gasteiger partial charge on any atom is -0.462 e. The van der Waals surface area contributed by atoms with Crippen LogP contribution in [0.2, 0.25) is 0 Å². The molecule has 8 nitrogen and oxygen atoms in total. The molecule has 0 aromatic carbocycles. The van der Waals surface area contributed by atoms with Gasteiger partial charge in [0.05, 0.1) is 6.61 Å². The van der Waals surface area contributed by atoms with Gasteiger partial charge in [-0.15, -0.1) is 0 Å². The first-order valence-electron chi connectivity index (χ1n) is 14.3. The number of carbonyl (C=O) groups is 2. The van der Waals surface area contributed by atoms with Crippen LogP contribution in [0.3, 0.4) is 0 Å². The summed E-state index contributed by atoms with van der Waals surface area (Å²) >= 11 is 0. The van der Waals surface area contributed by atoms with Gasteiger partial charge in [-0.05, 0) is 12.8 Å². The van der Waals surface area contributed by atoms with E-state index in [-0.39, 0.29) is 19.4 Å². The predicted octanol–water partition coefficient (Wildman–Crippen LogP) is 7.39. The number of esters is 2. The van der Waals surface area contributed by atoms with Crippen LogP contribution in [0.25, 0.3) is 0 Å². The van der Waals surface area contributed by atoms with Crippen LogP contribution in [-0.2, 0) is 28.2 Å². The van der Waals surface area contributed by atoms with Crippen molar-refractivity contribution in [3.05, 3.63) is 0 Å². The molecule has 0 aliphatic heterocycles. The lowest BCUT2D eigenvalue weighted by Gasteiger charge is -2.18. The van der Waals surface area contributed by atoms with E-state index in [1.807, 2.05) is 6.92 Å². The highest BCUT2D eigenvalue weighted by Gasteiger charge is 2.22. The monoisotopic (exact) mass is 536 g/mol. The van der Waals surface area contributed by atoms with Crippen molar-refractivity contribution in [2.24, 2.45) is 0 Å². The fourth-order valence-corrected chi connectivity index (χ4v) is 4.36. The number of hydrogen-bond acceptors (Lipinski definition) is 6. The topological polar surface area (TPSA) is 119 Å². The lowest BCUT2D eigenvalue weighted by Crippen LogP contribution is -2.29. The van der Waals surface area contributed by atoms with E-state index >= 15 is 0 Å². The molecule has 0 spiro atoms. The molecule has 0 fully saturated rings. The van der Waals surface area contributed by atoms with Crippen LogP contribution in [0, 0.1) is 0 Å². The molecule has 0 saturated carbocycles.